The van der Waals surface area contributed by atoms with E-state index in [0.717, 1.165) is 32.1 Å². The van der Waals surface area contributed by atoms with E-state index in [1.54, 1.807) is 0 Å². The first-order valence-corrected chi connectivity index (χ1v) is 9.09. The van der Waals surface area contributed by atoms with Crippen molar-refractivity contribution in [2.75, 3.05) is 0 Å². The van der Waals surface area contributed by atoms with E-state index in [1.807, 2.05) is 6.92 Å². The Labute approximate surface area is 144 Å². The van der Waals surface area contributed by atoms with E-state index in [9.17, 15) is 9.59 Å². The van der Waals surface area contributed by atoms with Gasteiger partial charge in [0.1, 0.15) is 0 Å². The number of ketones is 1. The van der Waals surface area contributed by atoms with E-state index >= 15 is 0 Å². The lowest BCUT2D eigenvalue weighted by molar-refractivity contribution is -0.148. The van der Waals surface area contributed by atoms with E-state index in [4.69, 9.17) is 9.47 Å². The molecule has 0 amide bonds. The summed E-state index contributed by atoms with van der Waals surface area (Å²) in [6.45, 7) is 10.1. The van der Waals surface area contributed by atoms with Gasteiger partial charge in [0.15, 0.2) is 11.9 Å². The van der Waals surface area contributed by atoms with E-state index in [0.29, 0.717) is 12.0 Å². The van der Waals surface area contributed by atoms with Crippen molar-refractivity contribution in [3.63, 3.8) is 0 Å². The predicted molar refractivity (Wildman–Crippen MR) is 91.4 cm³/mol. The maximum Gasteiger partial charge on any atom is 0.334 e. The average molecular weight is 332 g/mol. The van der Waals surface area contributed by atoms with Crippen molar-refractivity contribution < 1.29 is 19.1 Å². The van der Waals surface area contributed by atoms with E-state index < -0.39 is 12.1 Å². The van der Waals surface area contributed by atoms with Gasteiger partial charge >= 0.3 is 5.97 Å². The minimum atomic E-state index is -0.673. The number of carbonyl (C=O) groups is 2. The van der Waals surface area contributed by atoms with Crippen molar-refractivity contribution in [3.8, 4) is 0 Å². The molecule has 3 rings (SSSR count). The normalized spacial score (nSPS) is 41.0. The lowest BCUT2D eigenvalue weighted by Crippen LogP contribution is -2.33. The largest absolute Gasteiger partial charge is 0.450 e. The molecule has 0 aromatic heterocycles. The standard InChI is InChI=1S/C20H28O4/c1-12-7-5-9-13(2)17(21)18-15(14(3)19(22)23-18)11-16-20(4,24-16)10-6-8-12/h8,13,15-16,18H,3,5-7,9-11H2,1-2,4H3/t13-,15+,16-,18-,20-/m1/s1. The highest BCUT2D eigenvalue weighted by Crippen LogP contribution is 2.47. The minimum Gasteiger partial charge on any atom is -0.450 e. The molecule has 0 spiro atoms. The maximum absolute atomic E-state index is 12.8. The van der Waals surface area contributed by atoms with Crippen LogP contribution in [0, 0.1) is 11.8 Å². The Kier molecular flexibility index (Phi) is 4.69. The summed E-state index contributed by atoms with van der Waals surface area (Å²) in [6, 6.07) is 0. The molecule has 132 valence electrons. The van der Waals surface area contributed by atoms with Crippen LogP contribution < -0.4 is 0 Å². The minimum absolute atomic E-state index is 0.0352. The molecule has 2 saturated heterocycles. The SMILES string of the molecule is C=C1C(=O)O[C@H]2C(=O)[C@H](C)CCCC(C)=CCC[C@@]3(C)O[C@@H]3C[C@@H]12. The zero-order chi connectivity index (χ0) is 17.5. The highest BCUT2D eigenvalue weighted by atomic mass is 16.6. The molecule has 0 radical (unpaired) electrons. The topological polar surface area (TPSA) is 55.9 Å². The van der Waals surface area contributed by atoms with Gasteiger partial charge in [-0.25, -0.2) is 4.79 Å². The van der Waals surface area contributed by atoms with Gasteiger partial charge in [0.2, 0.25) is 0 Å². The average Bonchev–Trinajstić information content (AvgIpc) is 3.08. The summed E-state index contributed by atoms with van der Waals surface area (Å²) < 4.78 is 11.3. The lowest BCUT2D eigenvalue weighted by Gasteiger charge is -2.20. The Balaban J connectivity index is 1.81. The number of carbonyl (C=O) groups excluding carboxylic acids is 2. The van der Waals surface area contributed by atoms with E-state index in [-0.39, 0.29) is 29.3 Å². The quantitative estimate of drug-likeness (QED) is 0.293. The third-order valence-corrected chi connectivity index (χ3v) is 5.92. The molecule has 0 bridgehead atoms. The van der Waals surface area contributed by atoms with Gasteiger partial charge in [-0.05, 0) is 52.4 Å². The zero-order valence-corrected chi connectivity index (χ0v) is 15.0. The molecular formula is C20H28O4. The number of fused-ring (bicyclic) bond motifs is 2. The molecule has 2 heterocycles. The van der Waals surface area contributed by atoms with Crippen LogP contribution in [-0.2, 0) is 19.1 Å². The smallest absolute Gasteiger partial charge is 0.334 e. The molecule has 0 saturated carbocycles. The summed E-state index contributed by atoms with van der Waals surface area (Å²) in [7, 11) is 0. The van der Waals surface area contributed by atoms with E-state index in [2.05, 4.69) is 26.5 Å². The van der Waals surface area contributed by atoms with Crippen molar-refractivity contribution in [1.82, 2.24) is 0 Å². The molecular weight excluding hydrogens is 304 g/mol. The molecule has 4 heteroatoms. The molecule has 5 atom stereocenters. The van der Waals surface area contributed by atoms with Crippen LogP contribution in [-0.4, -0.2) is 29.6 Å². The number of hydrogen-bond donors (Lipinski definition) is 0. The summed E-state index contributed by atoms with van der Waals surface area (Å²) >= 11 is 0. The van der Waals surface area contributed by atoms with Crippen LogP contribution >= 0.6 is 0 Å². The molecule has 2 fully saturated rings. The van der Waals surface area contributed by atoms with Crippen molar-refractivity contribution in [1.29, 1.82) is 0 Å². The Bertz CT molecular complexity index is 590. The molecule has 0 aromatic rings. The van der Waals surface area contributed by atoms with Crippen molar-refractivity contribution in [2.24, 2.45) is 11.8 Å². The third-order valence-electron chi connectivity index (χ3n) is 5.92. The highest BCUT2D eigenvalue weighted by Gasteiger charge is 2.55. The number of ether oxygens (including phenoxy) is 2. The molecule has 0 unspecified atom stereocenters. The predicted octanol–water partition coefficient (Wildman–Crippen LogP) is 3.75. The molecule has 24 heavy (non-hydrogen) atoms. The molecule has 1 aliphatic carbocycles. The third kappa shape index (κ3) is 3.34. The molecule has 2 aliphatic heterocycles. The van der Waals surface area contributed by atoms with Crippen LogP contribution in [0.3, 0.4) is 0 Å². The first-order chi connectivity index (χ1) is 11.3. The highest BCUT2D eigenvalue weighted by molar-refractivity contribution is 5.98. The van der Waals surface area contributed by atoms with Gasteiger partial charge < -0.3 is 9.47 Å². The van der Waals surface area contributed by atoms with Crippen LogP contribution in [0.5, 0.6) is 0 Å². The molecule has 0 N–H and O–H groups in total. The maximum atomic E-state index is 12.8. The number of allylic oxidation sites excluding steroid dienone is 2. The monoisotopic (exact) mass is 332 g/mol. The fraction of sp³-hybridized carbons (Fsp3) is 0.700. The fourth-order valence-corrected chi connectivity index (χ4v) is 3.99. The van der Waals surface area contributed by atoms with Crippen LogP contribution in [0.1, 0.15) is 59.3 Å². The van der Waals surface area contributed by atoms with Gasteiger partial charge in [-0.3, -0.25) is 4.79 Å². The molecule has 4 nitrogen and oxygen atoms in total. The second-order valence-electron chi connectivity index (χ2n) is 7.90. The molecule has 0 aromatic carbocycles. The number of rotatable bonds is 0. The summed E-state index contributed by atoms with van der Waals surface area (Å²) in [6.07, 6.45) is 7.16. The Morgan fingerprint density at radius 3 is 2.83 bits per heavy atom. The van der Waals surface area contributed by atoms with Gasteiger partial charge in [0, 0.05) is 17.4 Å². The number of epoxide rings is 1. The summed E-state index contributed by atoms with van der Waals surface area (Å²) in [5.41, 5.74) is 1.67. The van der Waals surface area contributed by atoms with Crippen LogP contribution in [0.15, 0.2) is 23.8 Å². The second-order valence-corrected chi connectivity index (χ2v) is 7.90. The summed E-state index contributed by atoms with van der Waals surface area (Å²) in [5.74, 6) is -0.722. The van der Waals surface area contributed by atoms with Gasteiger partial charge in [0.05, 0.1) is 11.7 Å². The first-order valence-electron chi connectivity index (χ1n) is 9.09. The number of Topliss-reactive ketones (excluding diaryl/α,β-unsaturated/α-hetero) is 1. The second kappa shape index (κ2) is 6.47. The van der Waals surface area contributed by atoms with Crippen molar-refractivity contribution in [2.45, 2.75) is 77.1 Å². The number of esters is 1. The Hall–Kier alpha value is -1.42. The Morgan fingerprint density at radius 2 is 2.08 bits per heavy atom. The first kappa shape index (κ1) is 17.4. The fourth-order valence-electron chi connectivity index (χ4n) is 3.99. The molecule has 3 aliphatic rings. The van der Waals surface area contributed by atoms with Crippen LogP contribution in [0.25, 0.3) is 0 Å². The van der Waals surface area contributed by atoms with Gasteiger partial charge in [-0.1, -0.05) is 25.2 Å². The van der Waals surface area contributed by atoms with Crippen LogP contribution in [0.4, 0.5) is 0 Å². The Morgan fingerprint density at radius 1 is 1.33 bits per heavy atom. The van der Waals surface area contributed by atoms with Crippen molar-refractivity contribution in [3.05, 3.63) is 23.8 Å². The van der Waals surface area contributed by atoms with Gasteiger partial charge in [0.25, 0.3) is 0 Å². The summed E-state index contributed by atoms with van der Waals surface area (Å²) in [5, 5.41) is 0. The lowest BCUT2D eigenvalue weighted by atomic mass is 9.82. The van der Waals surface area contributed by atoms with Crippen molar-refractivity contribution >= 4 is 11.8 Å². The van der Waals surface area contributed by atoms with E-state index in [1.165, 1.54) is 5.57 Å². The number of hydrogen-bond acceptors (Lipinski definition) is 4. The zero-order valence-electron chi connectivity index (χ0n) is 15.0. The van der Waals surface area contributed by atoms with Gasteiger partial charge in [-0.2, -0.15) is 0 Å². The van der Waals surface area contributed by atoms with Gasteiger partial charge in [-0.15, -0.1) is 0 Å². The van der Waals surface area contributed by atoms with Crippen LogP contribution in [0.2, 0.25) is 0 Å². The summed E-state index contributed by atoms with van der Waals surface area (Å²) in [4.78, 5) is 24.8.